The van der Waals surface area contributed by atoms with E-state index in [1.54, 1.807) is 0 Å². The van der Waals surface area contributed by atoms with Crippen molar-refractivity contribution in [1.82, 2.24) is 5.32 Å². The van der Waals surface area contributed by atoms with Gasteiger partial charge in [-0.3, -0.25) is 14.9 Å². The number of piperidine rings is 1. The number of halogens is 1. The lowest BCUT2D eigenvalue weighted by Crippen LogP contribution is -2.40. The molecule has 7 heteroatoms. The smallest absolute Gasteiger partial charge is 0.295 e. The van der Waals surface area contributed by atoms with E-state index in [0.29, 0.717) is 19.4 Å². The van der Waals surface area contributed by atoms with Gasteiger partial charge in [-0.15, -0.1) is 0 Å². The van der Waals surface area contributed by atoms with Crippen LogP contribution in [-0.2, 0) is 4.79 Å². The lowest BCUT2D eigenvalue weighted by Gasteiger charge is -2.27. The van der Waals surface area contributed by atoms with E-state index < -0.39 is 16.4 Å². The monoisotopic (exact) mass is 281 g/mol. The zero-order chi connectivity index (χ0) is 14.7. The Kier molecular flexibility index (Phi) is 4.29. The minimum atomic E-state index is -0.797. The van der Waals surface area contributed by atoms with Crippen LogP contribution in [0.15, 0.2) is 18.2 Å². The molecule has 0 bridgehead atoms. The quantitative estimate of drug-likeness (QED) is 0.656. The molecule has 2 unspecified atom stereocenters. The Hall–Kier alpha value is -2.02. The molecule has 1 saturated heterocycles. The number of carbonyl (C=O) groups is 1. The number of anilines is 1. The predicted molar refractivity (Wildman–Crippen MR) is 71.9 cm³/mol. The summed E-state index contributed by atoms with van der Waals surface area (Å²) < 4.78 is 13.7. The van der Waals surface area contributed by atoms with Gasteiger partial charge in [0, 0.05) is 18.0 Å². The van der Waals surface area contributed by atoms with E-state index in [1.165, 1.54) is 12.1 Å². The number of benzene rings is 1. The summed E-state index contributed by atoms with van der Waals surface area (Å²) in [6, 6.07) is 3.71. The number of amides is 1. The van der Waals surface area contributed by atoms with Gasteiger partial charge < -0.3 is 10.6 Å². The molecule has 0 radical (unpaired) electrons. The average Bonchev–Trinajstić information content (AvgIpc) is 2.40. The lowest BCUT2D eigenvalue weighted by molar-refractivity contribution is -0.384. The van der Waals surface area contributed by atoms with E-state index in [1.807, 2.05) is 6.92 Å². The lowest BCUT2D eigenvalue weighted by atomic mass is 9.92. The standard InChI is InChI=1S/C13H16FN3O3/c1-8-7-9(5-6-15-8)13(18)16-12-10(14)3-2-4-11(12)17(19)20/h2-4,8-9,15H,5-7H2,1H3,(H,16,18). The maximum Gasteiger partial charge on any atom is 0.295 e. The fourth-order valence-electron chi connectivity index (χ4n) is 2.38. The Morgan fingerprint density at radius 1 is 1.55 bits per heavy atom. The number of nitrogens with zero attached hydrogens (tertiary/aromatic N) is 1. The molecule has 0 aliphatic carbocycles. The van der Waals surface area contributed by atoms with Crippen LogP contribution in [0, 0.1) is 21.8 Å². The number of carbonyl (C=O) groups excluding carboxylic acids is 1. The number of nitrogens with one attached hydrogen (secondary N) is 2. The molecular weight excluding hydrogens is 265 g/mol. The first-order valence-electron chi connectivity index (χ1n) is 6.46. The molecule has 108 valence electrons. The van der Waals surface area contributed by atoms with Gasteiger partial charge in [0.05, 0.1) is 4.92 Å². The molecule has 20 heavy (non-hydrogen) atoms. The number of para-hydroxylation sites is 1. The third-order valence-electron chi connectivity index (χ3n) is 3.43. The van der Waals surface area contributed by atoms with Crippen molar-refractivity contribution in [1.29, 1.82) is 0 Å². The molecule has 2 atom stereocenters. The first-order chi connectivity index (χ1) is 9.49. The van der Waals surface area contributed by atoms with Gasteiger partial charge in [0.15, 0.2) is 11.5 Å². The van der Waals surface area contributed by atoms with Gasteiger partial charge in [0.25, 0.3) is 5.69 Å². The van der Waals surface area contributed by atoms with Crippen LogP contribution in [0.3, 0.4) is 0 Å². The van der Waals surface area contributed by atoms with Crippen molar-refractivity contribution in [3.8, 4) is 0 Å². The predicted octanol–water partition coefficient (Wildman–Crippen LogP) is 2.06. The summed E-state index contributed by atoms with van der Waals surface area (Å²) >= 11 is 0. The first-order valence-corrected chi connectivity index (χ1v) is 6.46. The van der Waals surface area contributed by atoms with E-state index in [0.717, 1.165) is 6.07 Å². The highest BCUT2D eigenvalue weighted by atomic mass is 19.1. The largest absolute Gasteiger partial charge is 0.318 e. The zero-order valence-electron chi connectivity index (χ0n) is 11.1. The van der Waals surface area contributed by atoms with Gasteiger partial charge in [0.1, 0.15) is 0 Å². The highest BCUT2D eigenvalue weighted by Gasteiger charge is 2.27. The minimum absolute atomic E-state index is 0.204. The van der Waals surface area contributed by atoms with Crippen LogP contribution in [0.1, 0.15) is 19.8 Å². The van der Waals surface area contributed by atoms with Crippen LogP contribution in [0.4, 0.5) is 15.8 Å². The number of hydrogen-bond acceptors (Lipinski definition) is 4. The molecule has 1 aliphatic heterocycles. The van der Waals surface area contributed by atoms with Crippen LogP contribution < -0.4 is 10.6 Å². The highest BCUT2D eigenvalue weighted by Crippen LogP contribution is 2.28. The van der Waals surface area contributed by atoms with E-state index in [-0.39, 0.29) is 23.6 Å². The third-order valence-corrected chi connectivity index (χ3v) is 3.43. The van der Waals surface area contributed by atoms with Crippen LogP contribution in [0.25, 0.3) is 0 Å². The van der Waals surface area contributed by atoms with Crippen molar-refractivity contribution in [3.05, 3.63) is 34.1 Å². The maximum absolute atomic E-state index is 13.7. The van der Waals surface area contributed by atoms with Crippen molar-refractivity contribution in [2.24, 2.45) is 5.92 Å². The molecule has 1 amide bonds. The topological polar surface area (TPSA) is 84.3 Å². The molecule has 1 aromatic carbocycles. The molecule has 2 rings (SSSR count). The summed E-state index contributed by atoms with van der Waals surface area (Å²) in [5, 5.41) is 16.4. The Balaban J connectivity index is 2.17. The second kappa shape index (κ2) is 5.96. The van der Waals surface area contributed by atoms with Gasteiger partial charge in [-0.1, -0.05) is 6.07 Å². The SMILES string of the molecule is CC1CC(C(=O)Nc2c(F)cccc2[N+](=O)[O-])CCN1. The Bertz CT molecular complexity index is 536. The molecule has 1 fully saturated rings. The molecular formula is C13H16FN3O3. The summed E-state index contributed by atoms with van der Waals surface area (Å²) in [5.74, 6) is -1.42. The van der Waals surface area contributed by atoms with Crippen molar-refractivity contribution >= 4 is 17.3 Å². The summed E-state index contributed by atoms with van der Waals surface area (Å²) in [5.41, 5.74) is -0.783. The van der Waals surface area contributed by atoms with Crippen LogP contribution >= 0.6 is 0 Å². The van der Waals surface area contributed by atoms with Crippen LogP contribution in [0.5, 0.6) is 0 Å². The van der Waals surface area contributed by atoms with E-state index in [4.69, 9.17) is 0 Å². The first kappa shape index (κ1) is 14.4. The normalized spacial score (nSPS) is 22.3. The summed E-state index contributed by atoms with van der Waals surface area (Å²) in [4.78, 5) is 22.3. The Morgan fingerprint density at radius 3 is 2.95 bits per heavy atom. The van der Waals surface area contributed by atoms with Crippen LogP contribution in [-0.4, -0.2) is 23.4 Å². The highest BCUT2D eigenvalue weighted by molar-refractivity contribution is 5.94. The van der Waals surface area contributed by atoms with Gasteiger partial charge in [-0.05, 0) is 32.4 Å². The summed E-state index contributed by atoms with van der Waals surface area (Å²) in [6.45, 7) is 2.67. The van der Waals surface area contributed by atoms with Crippen molar-refractivity contribution < 1.29 is 14.1 Å². The number of hydrogen-bond donors (Lipinski definition) is 2. The molecule has 0 spiro atoms. The second-order valence-electron chi connectivity index (χ2n) is 4.96. The third kappa shape index (κ3) is 3.11. The van der Waals surface area contributed by atoms with Gasteiger partial charge in [-0.2, -0.15) is 0 Å². The zero-order valence-corrected chi connectivity index (χ0v) is 11.1. The average molecular weight is 281 g/mol. The maximum atomic E-state index is 13.7. The molecule has 1 aromatic rings. The Labute approximate surface area is 115 Å². The summed E-state index contributed by atoms with van der Waals surface area (Å²) in [6.07, 6.45) is 1.27. The van der Waals surface area contributed by atoms with E-state index in [9.17, 15) is 19.3 Å². The molecule has 6 nitrogen and oxygen atoms in total. The molecule has 2 N–H and O–H groups in total. The number of nitro groups is 1. The second-order valence-corrected chi connectivity index (χ2v) is 4.96. The summed E-state index contributed by atoms with van der Waals surface area (Å²) in [7, 11) is 0. The van der Waals surface area contributed by atoms with Crippen molar-refractivity contribution in [2.45, 2.75) is 25.8 Å². The van der Waals surface area contributed by atoms with Gasteiger partial charge in [0.2, 0.25) is 5.91 Å². The molecule has 0 aromatic heterocycles. The minimum Gasteiger partial charge on any atom is -0.318 e. The molecule has 0 saturated carbocycles. The number of nitro benzene ring substituents is 1. The fourth-order valence-corrected chi connectivity index (χ4v) is 2.38. The fraction of sp³-hybridized carbons (Fsp3) is 0.462. The molecule has 1 heterocycles. The van der Waals surface area contributed by atoms with Gasteiger partial charge in [-0.25, -0.2) is 4.39 Å². The van der Waals surface area contributed by atoms with Crippen LogP contribution in [0.2, 0.25) is 0 Å². The van der Waals surface area contributed by atoms with Crippen molar-refractivity contribution in [2.75, 3.05) is 11.9 Å². The van der Waals surface area contributed by atoms with E-state index >= 15 is 0 Å². The number of rotatable bonds is 3. The Morgan fingerprint density at radius 2 is 2.30 bits per heavy atom. The van der Waals surface area contributed by atoms with Crippen molar-refractivity contribution in [3.63, 3.8) is 0 Å². The molecule has 1 aliphatic rings. The van der Waals surface area contributed by atoms with Gasteiger partial charge >= 0.3 is 0 Å². The van der Waals surface area contributed by atoms with E-state index in [2.05, 4.69) is 10.6 Å².